The third-order valence-corrected chi connectivity index (χ3v) is 0. The fraction of sp³-hybridized carbons (Fsp3) is 1.00. The minimum atomic E-state index is 0. The van der Waals surface area contributed by atoms with Gasteiger partial charge in [0.15, 0.2) is 0 Å². The van der Waals surface area contributed by atoms with Crippen LogP contribution >= 0.6 is 10.8 Å². The van der Waals surface area contributed by atoms with Crippen molar-refractivity contribution in [2.24, 2.45) is 0 Å². The number of hydrogen-bond donors (Lipinski definition) is 0. The van der Waals surface area contributed by atoms with Crippen molar-refractivity contribution in [2.75, 3.05) is 6.26 Å². The Morgan fingerprint density at radius 3 is 1.75 bits per heavy atom. The van der Waals surface area contributed by atoms with E-state index in [-0.39, 0.29) is 58.2 Å². The molecule has 0 aromatic carbocycles. The van der Waals surface area contributed by atoms with Gasteiger partial charge in [-0.2, -0.15) is 0 Å². The van der Waals surface area contributed by atoms with Crippen molar-refractivity contribution >= 4 is 22.5 Å². The molecule has 0 saturated carbocycles. The van der Waals surface area contributed by atoms with E-state index in [0.29, 0.717) is 0 Å². The zero-order valence-electron chi connectivity index (χ0n) is 2.82. The largest absolute Gasteiger partial charge is 1.00 e. The van der Waals surface area contributed by atoms with Gasteiger partial charge in [0.2, 0.25) is 0 Å². The molecule has 0 aromatic rings. The van der Waals surface area contributed by atoms with Crippen LogP contribution in [-0.4, -0.2) is 6.26 Å². The molecule has 0 aliphatic rings. The molecule has 0 unspecified atom stereocenters. The standard InChI is InChI=1S/CH4S2.Rb/c1-3-2;/h2H,1H3;/q;+1/p-1. The summed E-state index contributed by atoms with van der Waals surface area (Å²) < 4.78 is 0. The van der Waals surface area contributed by atoms with E-state index in [2.05, 4.69) is 11.7 Å². The van der Waals surface area contributed by atoms with E-state index in [1.165, 1.54) is 10.8 Å². The van der Waals surface area contributed by atoms with Gasteiger partial charge in [-0.05, 0) is 6.26 Å². The van der Waals surface area contributed by atoms with Crippen molar-refractivity contribution in [2.45, 2.75) is 0 Å². The normalized spacial score (nSPS) is 4.50. The number of rotatable bonds is 0. The Morgan fingerprint density at radius 1 is 1.75 bits per heavy atom. The summed E-state index contributed by atoms with van der Waals surface area (Å²) in [7, 11) is 1.33. The molecule has 0 saturated heterocycles. The van der Waals surface area contributed by atoms with Crippen molar-refractivity contribution in [1.82, 2.24) is 0 Å². The number of hydrogen-bond acceptors (Lipinski definition) is 2. The van der Waals surface area contributed by atoms with Crippen LogP contribution in [0.3, 0.4) is 0 Å². The molecule has 0 N–H and O–H groups in total. The Hall–Kier alpha value is 2.51. The predicted octanol–water partition coefficient (Wildman–Crippen LogP) is -2.18. The second kappa shape index (κ2) is 9.09. The summed E-state index contributed by atoms with van der Waals surface area (Å²) in [5, 5.41) is 0. The summed E-state index contributed by atoms with van der Waals surface area (Å²) in [6, 6.07) is 0. The zero-order valence-corrected chi connectivity index (χ0v) is 9.37. The third-order valence-electron chi connectivity index (χ3n) is 0. The van der Waals surface area contributed by atoms with Crippen molar-refractivity contribution in [1.29, 1.82) is 0 Å². The van der Waals surface area contributed by atoms with Gasteiger partial charge in [-0.15, -0.1) is 0 Å². The van der Waals surface area contributed by atoms with Crippen LogP contribution in [0.5, 0.6) is 0 Å². The van der Waals surface area contributed by atoms with Gasteiger partial charge in [0.25, 0.3) is 0 Å². The van der Waals surface area contributed by atoms with Crippen molar-refractivity contribution in [3.8, 4) is 0 Å². The summed E-state index contributed by atoms with van der Waals surface area (Å²) in [6.45, 7) is 0. The molecule has 0 heterocycles. The molecular weight excluding hydrogens is 162 g/mol. The van der Waals surface area contributed by atoms with Gasteiger partial charge in [0.05, 0.1) is 0 Å². The molecule has 0 aromatic heterocycles. The molecule has 0 fully saturated rings. The van der Waals surface area contributed by atoms with Crippen LogP contribution in [-0.2, 0) is 11.7 Å². The maximum atomic E-state index is 4.31. The van der Waals surface area contributed by atoms with Gasteiger partial charge >= 0.3 is 58.2 Å². The van der Waals surface area contributed by atoms with Gasteiger partial charge < -0.3 is 22.5 Å². The van der Waals surface area contributed by atoms with Gasteiger partial charge in [-0.1, -0.05) is 0 Å². The Morgan fingerprint density at radius 2 is 1.75 bits per heavy atom. The summed E-state index contributed by atoms with van der Waals surface area (Å²) in [4.78, 5) is 0. The van der Waals surface area contributed by atoms with Gasteiger partial charge in [0.1, 0.15) is 0 Å². The first-order chi connectivity index (χ1) is 1.41. The SMILES string of the molecule is CS[S-].[Rb+]. The molecule has 0 amide bonds. The summed E-state index contributed by atoms with van der Waals surface area (Å²) in [5.74, 6) is 0. The Balaban J connectivity index is 0. The van der Waals surface area contributed by atoms with E-state index in [1.807, 2.05) is 6.26 Å². The first-order valence-corrected chi connectivity index (χ1v) is 2.72. The van der Waals surface area contributed by atoms with E-state index in [1.54, 1.807) is 0 Å². The van der Waals surface area contributed by atoms with Crippen LogP contribution in [0.15, 0.2) is 0 Å². The van der Waals surface area contributed by atoms with Crippen molar-refractivity contribution in [3.63, 3.8) is 0 Å². The fourth-order valence-electron chi connectivity index (χ4n) is 0. The predicted molar refractivity (Wildman–Crippen MR) is 20.9 cm³/mol. The first-order valence-electron chi connectivity index (χ1n) is 0.575. The van der Waals surface area contributed by atoms with E-state index < -0.39 is 0 Å². The molecule has 20 valence electrons. The molecule has 4 heavy (non-hydrogen) atoms. The smallest absolute Gasteiger partial charge is 0.719 e. The van der Waals surface area contributed by atoms with Crippen LogP contribution in [0.1, 0.15) is 0 Å². The molecule has 3 heteroatoms. The Kier molecular flexibility index (Phi) is 22.1. The molecular formula is CH3RbS2. The molecule has 0 rings (SSSR count). The monoisotopic (exact) mass is 164 g/mol. The molecule has 0 nitrogen and oxygen atoms in total. The average molecular weight is 165 g/mol. The molecule has 0 bridgehead atoms. The van der Waals surface area contributed by atoms with E-state index in [0.717, 1.165) is 0 Å². The molecule has 0 aliphatic carbocycles. The molecule has 0 spiro atoms. The van der Waals surface area contributed by atoms with E-state index in [9.17, 15) is 0 Å². The van der Waals surface area contributed by atoms with Crippen LogP contribution in [0.2, 0.25) is 0 Å². The second-order valence-corrected chi connectivity index (χ2v) is 1.50. The molecule has 0 atom stereocenters. The first kappa shape index (κ1) is 9.71. The van der Waals surface area contributed by atoms with Crippen LogP contribution in [0.25, 0.3) is 0 Å². The van der Waals surface area contributed by atoms with Gasteiger partial charge in [-0.25, -0.2) is 0 Å². The van der Waals surface area contributed by atoms with Gasteiger partial charge in [0, 0.05) is 0 Å². The maximum Gasteiger partial charge on any atom is 1.00 e. The minimum Gasteiger partial charge on any atom is -0.719 e. The van der Waals surface area contributed by atoms with Crippen molar-refractivity contribution < 1.29 is 58.2 Å². The Bertz CT molecular complexity index is 6.00. The summed E-state index contributed by atoms with van der Waals surface area (Å²) >= 11 is 4.31. The van der Waals surface area contributed by atoms with E-state index in [4.69, 9.17) is 0 Å². The summed E-state index contributed by atoms with van der Waals surface area (Å²) in [6.07, 6.45) is 1.86. The maximum absolute atomic E-state index is 4.31. The third kappa shape index (κ3) is 8.82. The average Bonchev–Trinajstić information content (AvgIpc) is 0.918. The van der Waals surface area contributed by atoms with Crippen LogP contribution < -0.4 is 58.2 Å². The topological polar surface area (TPSA) is 0 Å². The summed E-state index contributed by atoms with van der Waals surface area (Å²) in [5.41, 5.74) is 0. The fourth-order valence-corrected chi connectivity index (χ4v) is 0. The molecule has 0 radical (unpaired) electrons. The van der Waals surface area contributed by atoms with Crippen molar-refractivity contribution in [3.05, 3.63) is 0 Å². The van der Waals surface area contributed by atoms with Crippen LogP contribution in [0.4, 0.5) is 0 Å². The Labute approximate surface area is 84.7 Å². The van der Waals surface area contributed by atoms with E-state index >= 15 is 0 Å². The zero-order chi connectivity index (χ0) is 2.71. The quantitative estimate of drug-likeness (QED) is 0.295. The molecule has 0 aliphatic heterocycles. The van der Waals surface area contributed by atoms with Gasteiger partial charge in [-0.3, -0.25) is 0 Å². The second-order valence-electron chi connectivity index (χ2n) is 0.167. The minimum absolute atomic E-state index is 0. The van der Waals surface area contributed by atoms with Crippen LogP contribution in [0, 0.1) is 0 Å².